The lowest BCUT2D eigenvalue weighted by atomic mass is 10.1. The second kappa shape index (κ2) is 5.35. The lowest BCUT2D eigenvalue weighted by Gasteiger charge is -2.07. The number of nitro benzene ring substituents is 1. The number of hydrogen-bond donors (Lipinski definition) is 2. The Bertz CT molecular complexity index is 688. The van der Waals surface area contributed by atoms with Gasteiger partial charge in [-0.2, -0.15) is 0 Å². The third kappa shape index (κ3) is 2.89. The van der Waals surface area contributed by atoms with Gasteiger partial charge >= 0.3 is 5.97 Å². The molecule has 6 nitrogen and oxygen atoms in total. The minimum atomic E-state index is -1.38. The molecule has 0 aliphatic rings. The zero-order valence-corrected chi connectivity index (χ0v) is 10.0. The van der Waals surface area contributed by atoms with Crippen molar-refractivity contribution in [3.05, 3.63) is 64.0 Å². The molecule has 0 aliphatic carbocycles. The highest BCUT2D eigenvalue weighted by atomic mass is 19.1. The van der Waals surface area contributed by atoms with Crippen molar-refractivity contribution < 1.29 is 19.2 Å². The van der Waals surface area contributed by atoms with Crippen LogP contribution in [-0.4, -0.2) is 16.0 Å². The predicted octanol–water partition coefficient (Wildman–Crippen LogP) is 3.18. The highest BCUT2D eigenvalue weighted by Gasteiger charge is 2.20. The number of nitrogens with one attached hydrogen (secondary N) is 1. The summed E-state index contributed by atoms with van der Waals surface area (Å²) in [4.78, 5) is 20.9. The molecule has 0 saturated heterocycles. The summed E-state index contributed by atoms with van der Waals surface area (Å²) in [5, 5.41) is 22.5. The number of nitro groups is 1. The SMILES string of the molecule is O=C(O)c1ccc(Nc2cccc(F)c2)cc1[N+](=O)[O-]. The average molecular weight is 276 g/mol. The summed E-state index contributed by atoms with van der Waals surface area (Å²) < 4.78 is 13.0. The number of carboxylic acid groups (broad SMARTS) is 1. The zero-order chi connectivity index (χ0) is 14.7. The Kier molecular flexibility index (Phi) is 3.60. The van der Waals surface area contributed by atoms with Crippen molar-refractivity contribution >= 4 is 23.0 Å². The molecule has 0 atom stereocenters. The van der Waals surface area contributed by atoms with E-state index >= 15 is 0 Å². The van der Waals surface area contributed by atoms with E-state index in [1.165, 1.54) is 24.3 Å². The summed E-state index contributed by atoms with van der Waals surface area (Å²) in [5.74, 6) is -1.83. The lowest BCUT2D eigenvalue weighted by molar-refractivity contribution is -0.385. The molecule has 0 unspecified atom stereocenters. The third-order valence-corrected chi connectivity index (χ3v) is 2.54. The van der Waals surface area contributed by atoms with Crippen LogP contribution in [0.5, 0.6) is 0 Å². The van der Waals surface area contributed by atoms with E-state index in [0.717, 1.165) is 12.1 Å². The Morgan fingerprint density at radius 3 is 2.50 bits per heavy atom. The first-order valence-electron chi connectivity index (χ1n) is 5.51. The fourth-order valence-electron chi connectivity index (χ4n) is 1.67. The normalized spacial score (nSPS) is 10.1. The van der Waals surface area contributed by atoms with Gasteiger partial charge in [-0.15, -0.1) is 0 Å². The number of benzene rings is 2. The molecule has 0 bridgehead atoms. The highest BCUT2D eigenvalue weighted by molar-refractivity contribution is 5.93. The zero-order valence-electron chi connectivity index (χ0n) is 10.0. The van der Waals surface area contributed by atoms with E-state index in [9.17, 15) is 19.3 Å². The van der Waals surface area contributed by atoms with Crippen LogP contribution < -0.4 is 5.32 Å². The van der Waals surface area contributed by atoms with E-state index in [2.05, 4.69) is 5.32 Å². The molecular weight excluding hydrogens is 267 g/mol. The molecule has 2 aromatic rings. The number of aromatic carboxylic acids is 1. The smallest absolute Gasteiger partial charge is 0.342 e. The summed E-state index contributed by atoms with van der Waals surface area (Å²) in [6.07, 6.45) is 0. The van der Waals surface area contributed by atoms with Crippen molar-refractivity contribution in [2.24, 2.45) is 0 Å². The van der Waals surface area contributed by atoms with Crippen molar-refractivity contribution in [2.75, 3.05) is 5.32 Å². The largest absolute Gasteiger partial charge is 0.477 e. The van der Waals surface area contributed by atoms with Crippen molar-refractivity contribution in [2.45, 2.75) is 0 Å². The monoisotopic (exact) mass is 276 g/mol. The first-order chi connectivity index (χ1) is 9.47. The summed E-state index contributed by atoms with van der Waals surface area (Å²) in [6.45, 7) is 0. The van der Waals surface area contributed by atoms with Crippen molar-refractivity contribution in [1.29, 1.82) is 0 Å². The third-order valence-electron chi connectivity index (χ3n) is 2.54. The number of halogens is 1. The van der Waals surface area contributed by atoms with Crippen LogP contribution in [0.25, 0.3) is 0 Å². The number of anilines is 2. The molecule has 0 saturated carbocycles. The van der Waals surface area contributed by atoms with Crippen LogP contribution in [0, 0.1) is 15.9 Å². The highest BCUT2D eigenvalue weighted by Crippen LogP contribution is 2.25. The number of rotatable bonds is 4. The van der Waals surface area contributed by atoms with E-state index in [1.807, 2.05) is 0 Å². The molecular formula is C13H9FN2O4. The van der Waals surface area contributed by atoms with E-state index in [-0.39, 0.29) is 0 Å². The van der Waals surface area contributed by atoms with Gasteiger partial charge < -0.3 is 10.4 Å². The van der Waals surface area contributed by atoms with Gasteiger partial charge in [0.15, 0.2) is 0 Å². The summed E-state index contributed by atoms with van der Waals surface area (Å²) in [7, 11) is 0. The lowest BCUT2D eigenvalue weighted by Crippen LogP contribution is -2.03. The van der Waals surface area contributed by atoms with Crippen molar-refractivity contribution in [1.82, 2.24) is 0 Å². The second-order valence-electron chi connectivity index (χ2n) is 3.93. The Balaban J connectivity index is 2.36. The fourth-order valence-corrected chi connectivity index (χ4v) is 1.67. The Labute approximate surface area is 112 Å². The molecule has 2 aromatic carbocycles. The summed E-state index contributed by atoms with van der Waals surface area (Å²) >= 11 is 0. The molecule has 0 amide bonds. The standard InChI is InChI=1S/C13H9FN2O4/c14-8-2-1-3-9(6-8)15-10-4-5-11(13(17)18)12(7-10)16(19)20/h1-7,15H,(H,17,18). The van der Waals surface area contributed by atoms with Gasteiger partial charge in [0.25, 0.3) is 5.69 Å². The van der Waals surface area contributed by atoms with Gasteiger partial charge in [0.05, 0.1) is 4.92 Å². The Hall–Kier alpha value is -2.96. The molecule has 0 radical (unpaired) electrons. The van der Waals surface area contributed by atoms with E-state index in [4.69, 9.17) is 5.11 Å². The van der Waals surface area contributed by atoms with Crippen LogP contribution in [-0.2, 0) is 0 Å². The van der Waals surface area contributed by atoms with Gasteiger partial charge in [0.2, 0.25) is 0 Å². The average Bonchev–Trinajstić information content (AvgIpc) is 2.38. The first kappa shape index (κ1) is 13.5. The van der Waals surface area contributed by atoms with Crippen LogP contribution >= 0.6 is 0 Å². The van der Waals surface area contributed by atoms with E-state index in [0.29, 0.717) is 11.4 Å². The molecule has 7 heteroatoms. The molecule has 0 aliphatic heterocycles. The van der Waals surface area contributed by atoms with Gasteiger partial charge in [0, 0.05) is 17.4 Å². The molecule has 0 aromatic heterocycles. The van der Waals surface area contributed by atoms with Crippen LogP contribution in [0.4, 0.5) is 21.5 Å². The molecule has 102 valence electrons. The van der Waals surface area contributed by atoms with Gasteiger partial charge in [-0.3, -0.25) is 10.1 Å². The molecule has 2 N–H and O–H groups in total. The fraction of sp³-hybridized carbons (Fsp3) is 0. The molecule has 20 heavy (non-hydrogen) atoms. The first-order valence-corrected chi connectivity index (χ1v) is 5.51. The molecule has 2 rings (SSSR count). The van der Waals surface area contributed by atoms with Crippen molar-refractivity contribution in [3.8, 4) is 0 Å². The van der Waals surface area contributed by atoms with Crippen LogP contribution in [0.15, 0.2) is 42.5 Å². The number of hydrogen-bond acceptors (Lipinski definition) is 4. The van der Waals surface area contributed by atoms with Gasteiger partial charge in [-0.25, -0.2) is 9.18 Å². The quantitative estimate of drug-likeness (QED) is 0.660. The molecule has 0 spiro atoms. The maximum absolute atomic E-state index is 13.0. The van der Waals surface area contributed by atoms with E-state index in [1.54, 1.807) is 6.07 Å². The minimum absolute atomic E-state index is 0.298. The van der Waals surface area contributed by atoms with Gasteiger partial charge in [-0.1, -0.05) is 6.07 Å². The number of carbonyl (C=O) groups is 1. The van der Waals surface area contributed by atoms with Crippen LogP contribution in [0.3, 0.4) is 0 Å². The van der Waals surface area contributed by atoms with Crippen LogP contribution in [0.1, 0.15) is 10.4 Å². The molecule has 0 fully saturated rings. The van der Waals surface area contributed by atoms with Crippen LogP contribution in [0.2, 0.25) is 0 Å². The van der Waals surface area contributed by atoms with Gasteiger partial charge in [-0.05, 0) is 30.3 Å². The summed E-state index contributed by atoms with van der Waals surface area (Å²) in [6, 6.07) is 9.15. The predicted molar refractivity (Wildman–Crippen MR) is 69.7 cm³/mol. The van der Waals surface area contributed by atoms with E-state index < -0.39 is 28.0 Å². The van der Waals surface area contributed by atoms with Gasteiger partial charge in [0.1, 0.15) is 11.4 Å². The minimum Gasteiger partial charge on any atom is -0.477 e. The Morgan fingerprint density at radius 1 is 1.20 bits per heavy atom. The van der Waals surface area contributed by atoms with Crippen molar-refractivity contribution in [3.63, 3.8) is 0 Å². The molecule has 0 heterocycles. The topological polar surface area (TPSA) is 92.5 Å². The summed E-state index contributed by atoms with van der Waals surface area (Å²) in [5.41, 5.74) is -0.228. The number of nitrogens with zero attached hydrogens (tertiary/aromatic N) is 1. The second-order valence-corrected chi connectivity index (χ2v) is 3.93. The maximum Gasteiger partial charge on any atom is 0.342 e. The Morgan fingerprint density at radius 2 is 1.90 bits per heavy atom. The maximum atomic E-state index is 13.0. The number of carboxylic acids is 1.